The molecule has 0 atom stereocenters. The maximum Gasteiger partial charge on any atom is 0.422 e. The third kappa shape index (κ3) is 5.54. The highest BCUT2D eigenvalue weighted by molar-refractivity contribution is 7.98. The zero-order valence-electron chi connectivity index (χ0n) is 15.4. The van der Waals surface area contributed by atoms with Crippen molar-refractivity contribution in [2.75, 3.05) is 6.61 Å². The van der Waals surface area contributed by atoms with Gasteiger partial charge < -0.3 is 9.15 Å². The molecule has 0 spiro atoms. The predicted molar refractivity (Wildman–Crippen MR) is 99.5 cm³/mol. The molecule has 9 heteroatoms. The fourth-order valence-electron chi connectivity index (χ4n) is 2.58. The first kappa shape index (κ1) is 20.3. The van der Waals surface area contributed by atoms with Crippen LogP contribution in [-0.4, -0.2) is 27.5 Å². The van der Waals surface area contributed by atoms with Crippen LogP contribution in [0, 0.1) is 0 Å². The molecule has 2 aromatic heterocycles. The highest BCUT2D eigenvalue weighted by Gasteiger charge is 2.28. The second kappa shape index (κ2) is 8.72. The number of nitrogens with zero attached hydrogens (tertiary/aromatic N) is 3. The number of furan rings is 1. The molecule has 1 aromatic carbocycles. The number of ether oxygens (including phenoxy) is 1. The van der Waals surface area contributed by atoms with Crippen LogP contribution in [0.2, 0.25) is 0 Å². The van der Waals surface area contributed by atoms with Crippen molar-refractivity contribution in [2.45, 2.75) is 43.4 Å². The zero-order chi connectivity index (χ0) is 20.1. The molecule has 5 nitrogen and oxygen atoms in total. The Bertz CT molecular complexity index is 892. The summed E-state index contributed by atoms with van der Waals surface area (Å²) in [5, 5.41) is 9.29. The van der Waals surface area contributed by atoms with Crippen LogP contribution in [0.3, 0.4) is 0 Å². The summed E-state index contributed by atoms with van der Waals surface area (Å²) < 4.78 is 49.2. The molecule has 0 amide bonds. The molecule has 0 aliphatic carbocycles. The van der Waals surface area contributed by atoms with Crippen LogP contribution in [0.5, 0.6) is 5.75 Å². The summed E-state index contributed by atoms with van der Waals surface area (Å²) in [6.07, 6.45) is -2.74. The number of benzene rings is 1. The summed E-state index contributed by atoms with van der Waals surface area (Å²) in [6, 6.07) is 10.3. The summed E-state index contributed by atoms with van der Waals surface area (Å²) in [4.78, 5) is 0. The summed E-state index contributed by atoms with van der Waals surface area (Å²) in [7, 11) is 0. The maximum atomic E-state index is 12.3. The van der Waals surface area contributed by atoms with Gasteiger partial charge in [-0.05, 0) is 29.8 Å². The summed E-state index contributed by atoms with van der Waals surface area (Å²) in [6.45, 7) is 3.29. The first-order valence-corrected chi connectivity index (χ1v) is 9.67. The van der Waals surface area contributed by atoms with Gasteiger partial charge in [0, 0.05) is 11.7 Å². The standard InChI is InChI=1S/C19H20F3N3O2S/c1-13(2)17-23-24-18(25(17)10-16-7-4-8-26-16)28-11-14-5-3-6-15(9-14)27-12-19(20,21)22/h3-9,13H,10-12H2,1-2H3. The Morgan fingerprint density at radius 2 is 2.00 bits per heavy atom. The molecule has 0 saturated carbocycles. The third-order valence-corrected chi connectivity index (χ3v) is 4.86. The normalized spacial score (nSPS) is 11.9. The van der Waals surface area contributed by atoms with E-state index in [1.165, 1.54) is 17.8 Å². The van der Waals surface area contributed by atoms with Crippen molar-refractivity contribution in [3.8, 4) is 5.75 Å². The lowest BCUT2D eigenvalue weighted by Crippen LogP contribution is -2.19. The van der Waals surface area contributed by atoms with E-state index < -0.39 is 12.8 Å². The largest absolute Gasteiger partial charge is 0.484 e. The topological polar surface area (TPSA) is 53.1 Å². The van der Waals surface area contributed by atoms with E-state index in [1.807, 2.05) is 36.6 Å². The molecular weight excluding hydrogens is 391 g/mol. The quantitative estimate of drug-likeness (QED) is 0.472. The molecule has 0 saturated heterocycles. The van der Waals surface area contributed by atoms with Crippen LogP contribution in [0.1, 0.15) is 36.9 Å². The molecule has 3 aromatic rings. The molecule has 0 aliphatic rings. The van der Waals surface area contributed by atoms with Crippen LogP contribution in [0.4, 0.5) is 13.2 Å². The van der Waals surface area contributed by atoms with E-state index in [0.717, 1.165) is 22.3 Å². The number of thioether (sulfide) groups is 1. The van der Waals surface area contributed by atoms with E-state index in [4.69, 9.17) is 9.15 Å². The fourth-order valence-corrected chi connectivity index (χ4v) is 3.47. The zero-order valence-corrected chi connectivity index (χ0v) is 16.3. The smallest absolute Gasteiger partial charge is 0.422 e. The van der Waals surface area contributed by atoms with E-state index >= 15 is 0 Å². The van der Waals surface area contributed by atoms with Crippen LogP contribution < -0.4 is 4.74 Å². The predicted octanol–water partition coefficient (Wildman–Crippen LogP) is 5.28. The minimum atomic E-state index is -4.36. The lowest BCUT2D eigenvalue weighted by molar-refractivity contribution is -0.153. The number of aromatic nitrogens is 3. The van der Waals surface area contributed by atoms with Gasteiger partial charge in [-0.15, -0.1) is 10.2 Å². The van der Waals surface area contributed by atoms with Crippen molar-refractivity contribution in [2.24, 2.45) is 0 Å². The van der Waals surface area contributed by atoms with E-state index in [9.17, 15) is 13.2 Å². The minimum Gasteiger partial charge on any atom is -0.484 e. The van der Waals surface area contributed by atoms with E-state index in [-0.39, 0.29) is 11.7 Å². The van der Waals surface area contributed by atoms with Gasteiger partial charge >= 0.3 is 6.18 Å². The Balaban J connectivity index is 1.70. The Hall–Kier alpha value is -2.42. The van der Waals surface area contributed by atoms with Gasteiger partial charge in [-0.1, -0.05) is 37.7 Å². The molecule has 150 valence electrons. The number of halogens is 3. The van der Waals surface area contributed by atoms with Crippen LogP contribution >= 0.6 is 11.8 Å². The lowest BCUT2D eigenvalue weighted by Gasteiger charge is -2.11. The monoisotopic (exact) mass is 411 g/mol. The molecular formula is C19H20F3N3O2S. The number of hydrogen-bond acceptors (Lipinski definition) is 5. The molecule has 3 rings (SSSR count). The molecule has 28 heavy (non-hydrogen) atoms. The van der Waals surface area contributed by atoms with E-state index in [0.29, 0.717) is 12.3 Å². The summed E-state index contributed by atoms with van der Waals surface area (Å²) >= 11 is 1.46. The molecule has 2 heterocycles. The number of rotatable bonds is 8. The van der Waals surface area contributed by atoms with Crippen molar-refractivity contribution >= 4 is 11.8 Å². The molecule has 0 bridgehead atoms. The Labute approximate surface area is 164 Å². The van der Waals surface area contributed by atoms with Gasteiger partial charge in [-0.3, -0.25) is 4.57 Å². The lowest BCUT2D eigenvalue weighted by atomic mass is 10.2. The SMILES string of the molecule is CC(C)c1nnc(SCc2cccc(OCC(F)(F)F)c2)n1Cc1ccco1. The van der Waals surface area contributed by atoms with Crippen LogP contribution in [0.15, 0.2) is 52.2 Å². The molecule has 0 N–H and O–H groups in total. The van der Waals surface area contributed by atoms with Gasteiger partial charge in [0.15, 0.2) is 11.8 Å². The highest BCUT2D eigenvalue weighted by Crippen LogP contribution is 2.27. The first-order valence-electron chi connectivity index (χ1n) is 8.68. The van der Waals surface area contributed by atoms with Gasteiger partial charge in [-0.2, -0.15) is 13.2 Å². The number of alkyl halides is 3. The minimum absolute atomic E-state index is 0.190. The molecule has 0 aliphatic heterocycles. The van der Waals surface area contributed by atoms with Crippen molar-refractivity contribution in [1.82, 2.24) is 14.8 Å². The molecule has 0 unspecified atom stereocenters. The average molecular weight is 411 g/mol. The second-order valence-electron chi connectivity index (χ2n) is 6.50. The fraction of sp³-hybridized carbons (Fsp3) is 0.368. The first-order chi connectivity index (χ1) is 13.3. The van der Waals surface area contributed by atoms with E-state index in [1.54, 1.807) is 18.4 Å². The summed E-state index contributed by atoms with van der Waals surface area (Å²) in [5.74, 6) is 2.55. The Morgan fingerprint density at radius 1 is 1.18 bits per heavy atom. The Kier molecular flexibility index (Phi) is 6.33. The van der Waals surface area contributed by atoms with Crippen molar-refractivity contribution in [1.29, 1.82) is 0 Å². The van der Waals surface area contributed by atoms with Gasteiger partial charge in [0.2, 0.25) is 0 Å². The van der Waals surface area contributed by atoms with Crippen molar-refractivity contribution in [3.63, 3.8) is 0 Å². The third-order valence-electron chi connectivity index (χ3n) is 3.82. The van der Waals surface area contributed by atoms with Gasteiger partial charge in [-0.25, -0.2) is 0 Å². The van der Waals surface area contributed by atoms with Crippen LogP contribution in [-0.2, 0) is 12.3 Å². The van der Waals surface area contributed by atoms with Gasteiger partial charge in [0.05, 0.1) is 12.8 Å². The molecule has 0 radical (unpaired) electrons. The summed E-state index contributed by atoms with van der Waals surface area (Å²) in [5.41, 5.74) is 0.836. The highest BCUT2D eigenvalue weighted by atomic mass is 32.2. The van der Waals surface area contributed by atoms with E-state index in [2.05, 4.69) is 10.2 Å². The van der Waals surface area contributed by atoms with Gasteiger partial charge in [0.1, 0.15) is 17.3 Å². The second-order valence-corrected chi connectivity index (χ2v) is 7.44. The van der Waals surface area contributed by atoms with Crippen LogP contribution in [0.25, 0.3) is 0 Å². The Morgan fingerprint density at radius 3 is 2.68 bits per heavy atom. The maximum absolute atomic E-state index is 12.3. The number of hydrogen-bond donors (Lipinski definition) is 0. The van der Waals surface area contributed by atoms with Gasteiger partial charge in [0.25, 0.3) is 0 Å². The average Bonchev–Trinajstić information content (AvgIpc) is 3.28. The molecule has 0 fully saturated rings. The van der Waals surface area contributed by atoms with Crippen molar-refractivity contribution in [3.05, 3.63) is 59.8 Å². The van der Waals surface area contributed by atoms with Crippen molar-refractivity contribution < 1.29 is 22.3 Å².